The Kier molecular flexibility index (Phi) is 4.86. The van der Waals surface area contributed by atoms with Crippen molar-refractivity contribution >= 4 is 34.8 Å². The average molecular weight is 366 g/mol. The Balaban J connectivity index is 2.64. The van der Waals surface area contributed by atoms with Gasteiger partial charge in [0.25, 0.3) is 0 Å². The molecule has 0 atom stereocenters. The van der Waals surface area contributed by atoms with Crippen LogP contribution in [0.15, 0.2) is 24.4 Å². The van der Waals surface area contributed by atoms with Gasteiger partial charge in [0, 0.05) is 17.3 Å². The van der Waals surface area contributed by atoms with E-state index in [1.807, 2.05) is 0 Å². The highest BCUT2D eigenvalue weighted by atomic mass is 35.5. The molecule has 0 radical (unpaired) electrons. The topological polar surface area (TPSA) is 36.7 Å². The molecular weight excluding hydrogens is 360 g/mol. The quantitative estimate of drug-likeness (QED) is 0.631. The van der Waals surface area contributed by atoms with Gasteiger partial charge in [0.15, 0.2) is 0 Å². The fraction of sp³-hybridized carbons (Fsp3) is 0.143. The lowest BCUT2D eigenvalue weighted by Crippen LogP contribution is -2.11. The van der Waals surface area contributed by atoms with Crippen molar-refractivity contribution in [3.8, 4) is 17.2 Å². The molecule has 2 nitrogen and oxygen atoms in total. The standard InChI is InChI=1S/C14H6Cl3F3N2/c15-10-2-1-8(12(16)13(10)17)7-5-9(14(18,19)20)11(3-4-21)22-6-7/h1-2,5-6H,3H2. The van der Waals surface area contributed by atoms with Gasteiger partial charge in [-0.15, -0.1) is 0 Å². The van der Waals surface area contributed by atoms with E-state index in [1.54, 1.807) is 6.07 Å². The van der Waals surface area contributed by atoms with E-state index < -0.39 is 18.2 Å². The van der Waals surface area contributed by atoms with Crippen molar-refractivity contribution in [1.29, 1.82) is 5.26 Å². The fourth-order valence-corrected chi connectivity index (χ4v) is 2.49. The van der Waals surface area contributed by atoms with E-state index >= 15 is 0 Å². The summed E-state index contributed by atoms with van der Waals surface area (Å²) in [6, 6.07) is 5.44. The first kappa shape index (κ1) is 16.9. The highest BCUT2D eigenvalue weighted by Gasteiger charge is 2.34. The molecule has 114 valence electrons. The molecule has 0 aliphatic rings. The van der Waals surface area contributed by atoms with Crippen LogP contribution >= 0.6 is 34.8 Å². The van der Waals surface area contributed by atoms with Crippen LogP contribution in [-0.2, 0) is 12.6 Å². The lowest BCUT2D eigenvalue weighted by Gasteiger charge is -2.13. The summed E-state index contributed by atoms with van der Waals surface area (Å²) in [4.78, 5) is 3.73. The number of halogens is 6. The van der Waals surface area contributed by atoms with E-state index in [9.17, 15) is 13.2 Å². The molecule has 2 rings (SSSR count). The zero-order valence-electron chi connectivity index (χ0n) is 10.7. The minimum Gasteiger partial charge on any atom is -0.259 e. The maximum absolute atomic E-state index is 13.1. The second-order valence-corrected chi connectivity index (χ2v) is 5.44. The van der Waals surface area contributed by atoms with Gasteiger partial charge < -0.3 is 0 Å². The number of rotatable bonds is 2. The summed E-state index contributed by atoms with van der Waals surface area (Å²) in [5.74, 6) is 0. The first-order valence-electron chi connectivity index (χ1n) is 5.82. The second kappa shape index (κ2) is 6.33. The molecule has 0 unspecified atom stereocenters. The van der Waals surface area contributed by atoms with Crippen molar-refractivity contribution in [3.63, 3.8) is 0 Å². The van der Waals surface area contributed by atoms with Crippen LogP contribution < -0.4 is 0 Å². The Morgan fingerprint density at radius 2 is 1.82 bits per heavy atom. The molecule has 1 heterocycles. The maximum atomic E-state index is 13.1. The van der Waals surface area contributed by atoms with Crippen LogP contribution in [-0.4, -0.2) is 4.98 Å². The van der Waals surface area contributed by atoms with Crippen LogP contribution in [0.5, 0.6) is 0 Å². The summed E-state index contributed by atoms with van der Waals surface area (Å²) >= 11 is 17.7. The number of nitriles is 1. The van der Waals surface area contributed by atoms with Crippen LogP contribution in [0.25, 0.3) is 11.1 Å². The molecule has 0 spiro atoms. The Bertz CT molecular complexity index is 767. The summed E-state index contributed by atoms with van der Waals surface area (Å²) in [5.41, 5.74) is -0.904. The number of alkyl halides is 3. The van der Waals surface area contributed by atoms with Crippen molar-refractivity contribution in [2.24, 2.45) is 0 Å². The maximum Gasteiger partial charge on any atom is 0.418 e. The molecule has 2 aromatic rings. The van der Waals surface area contributed by atoms with E-state index in [-0.39, 0.29) is 31.9 Å². The van der Waals surface area contributed by atoms with Gasteiger partial charge in [-0.05, 0) is 12.1 Å². The summed E-state index contributed by atoms with van der Waals surface area (Å²) in [7, 11) is 0. The molecule has 0 amide bonds. The Hall–Kier alpha value is -1.48. The zero-order valence-corrected chi connectivity index (χ0v) is 12.9. The summed E-state index contributed by atoms with van der Waals surface area (Å²) < 4.78 is 39.2. The largest absolute Gasteiger partial charge is 0.418 e. The first-order valence-corrected chi connectivity index (χ1v) is 6.96. The van der Waals surface area contributed by atoms with E-state index in [4.69, 9.17) is 40.1 Å². The van der Waals surface area contributed by atoms with Gasteiger partial charge in [0.05, 0.1) is 38.8 Å². The van der Waals surface area contributed by atoms with Crippen molar-refractivity contribution in [2.45, 2.75) is 12.6 Å². The van der Waals surface area contributed by atoms with Crippen LogP contribution in [0.3, 0.4) is 0 Å². The highest BCUT2D eigenvalue weighted by Crippen LogP contribution is 2.40. The number of nitrogens with zero attached hydrogens (tertiary/aromatic N) is 2. The molecular formula is C14H6Cl3F3N2. The molecule has 0 fully saturated rings. The van der Waals surface area contributed by atoms with Gasteiger partial charge in [-0.25, -0.2) is 0 Å². The van der Waals surface area contributed by atoms with Gasteiger partial charge in [-0.2, -0.15) is 18.4 Å². The van der Waals surface area contributed by atoms with E-state index in [1.165, 1.54) is 18.3 Å². The summed E-state index contributed by atoms with van der Waals surface area (Å²) in [6.07, 6.45) is -3.85. The molecule has 22 heavy (non-hydrogen) atoms. The van der Waals surface area contributed by atoms with Crippen LogP contribution in [0, 0.1) is 11.3 Å². The molecule has 8 heteroatoms. The predicted molar refractivity (Wildman–Crippen MR) is 79.0 cm³/mol. The number of pyridine rings is 1. The normalized spacial score (nSPS) is 11.3. The lowest BCUT2D eigenvalue weighted by atomic mass is 10.0. The van der Waals surface area contributed by atoms with Crippen molar-refractivity contribution in [1.82, 2.24) is 4.98 Å². The molecule has 0 N–H and O–H groups in total. The Morgan fingerprint density at radius 3 is 2.41 bits per heavy atom. The number of hydrogen-bond acceptors (Lipinski definition) is 2. The molecule has 0 bridgehead atoms. The SMILES string of the molecule is N#CCc1ncc(-c2ccc(Cl)c(Cl)c2Cl)cc1C(F)(F)F. The van der Waals surface area contributed by atoms with E-state index in [0.717, 1.165) is 6.07 Å². The summed E-state index contributed by atoms with van der Waals surface area (Å²) in [5, 5.41) is 8.88. The third-order valence-corrected chi connectivity index (χ3v) is 4.16. The van der Waals surface area contributed by atoms with E-state index in [0.29, 0.717) is 0 Å². The minimum absolute atomic E-state index is 0.0390. The van der Waals surface area contributed by atoms with Crippen molar-refractivity contribution < 1.29 is 13.2 Å². The Morgan fingerprint density at radius 1 is 1.14 bits per heavy atom. The van der Waals surface area contributed by atoms with Gasteiger partial charge >= 0.3 is 6.18 Å². The second-order valence-electron chi connectivity index (χ2n) is 4.27. The van der Waals surface area contributed by atoms with Gasteiger partial charge in [-0.1, -0.05) is 40.9 Å². The van der Waals surface area contributed by atoms with E-state index in [2.05, 4.69) is 4.98 Å². The lowest BCUT2D eigenvalue weighted by molar-refractivity contribution is -0.138. The smallest absolute Gasteiger partial charge is 0.259 e. The van der Waals surface area contributed by atoms with Crippen LogP contribution in [0.1, 0.15) is 11.3 Å². The molecule has 0 aliphatic heterocycles. The average Bonchev–Trinajstić information content (AvgIpc) is 2.45. The van der Waals surface area contributed by atoms with Crippen molar-refractivity contribution in [2.75, 3.05) is 0 Å². The Labute approximate surface area is 139 Å². The molecule has 0 saturated heterocycles. The minimum atomic E-state index is -4.63. The number of aromatic nitrogens is 1. The van der Waals surface area contributed by atoms with Crippen LogP contribution in [0.4, 0.5) is 13.2 Å². The van der Waals surface area contributed by atoms with Crippen LogP contribution in [0.2, 0.25) is 15.1 Å². The van der Waals surface area contributed by atoms with Gasteiger partial charge in [-0.3, -0.25) is 4.98 Å². The van der Waals surface area contributed by atoms with Crippen molar-refractivity contribution in [3.05, 3.63) is 50.7 Å². The first-order chi connectivity index (χ1) is 10.3. The highest BCUT2D eigenvalue weighted by molar-refractivity contribution is 6.49. The monoisotopic (exact) mass is 364 g/mol. The van der Waals surface area contributed by atoms with Gasteiger partial charge in [0.1, 0.15) is 0 Å². The number of benzene rings is 1. The van der Waals surface area contributed by atoms with Gasteiger partial charge in [0.2, 0.25) is 0 Å². The molecule has 0 aliphatic carbocycles. The zero-order chi connectivity index (χ0) is 16.5. The molecule has 0 saturated carbocycles. The fourth-order valence-electron chi connectivity index (χ4n) is 1.85. The summed E-state index contributed by atoms with van der Waals surface area (Å²) in [6.45, 7) is 0. The molecule has 1 aromatic heterocycles. The predicted octanol–water partition coefficient (Wildman–Crippen LogP) is 5.79. The third kappa shape index (κ3) is 3.30. The third-order valence-electron chi connectivity index (χ3n) is 2.87. The molecule has 1 aromatic carbocycles. The number of hydrogen-bond donors (Lipinski definition) is 0.